The lowest BCUT2D eigenvalue weighted by molar-refractivity contribution is 0.0389. The molecule has 4 aromatic rings. The minimum Gasteiger partial charge on any atom is -0.497 e. The molecule has 1 aliphatic rings. The normalized spacial score (nSPS) is 17.0. The topological polar surface area (TPSA) is 138 Å². The van der Waals surface area contributed by atoms with Crippen molar-refractivity contribution in [2.45, 2.75) is 30.9 Å². The van der Waals surface area contributed by atoms with Crippen molar-refractivity contribution in [3.8, 4) is 22.6 Å². The molecule has 48 heavy (non-hydrogen) atoms. The van der Waals surface area contributed by atoms with Crippen LogP contribution in [0, 0.1) is 5.92 Å². The first-order valence-corrected chi connectivity index (χ1v) is 17.0. The van der Waals surface area contributed by atoms with Gasteiger partial charge in [-0.05, 0) is 66.6 Å². The predicted octanol–water partition coefficient (Wildman–Crippen LogP) is 5.55. The first-order chi connectivity index (χ1) is 23.0. The summed E-state index contributed by atoms with van der Waals surface area (Å²) in [7, 11) is -0.950. The summed E-state index contributed by atoms with van der Waals surface area (Å²) in [5, 5.41) is 15.7. The molecular weight excluding hydrogens is 632 g/mol. The summed E-state index contributed by atoms with van der Waals surface area (Å²) >= 11 is 0. The number of hydrogen-bond acceptors (Lipinski definition) is 7. The van der Waals surface area contributed by atoms with Gasteiger partial charge in [-0.2, -0.15) is 4.31 Å². The summed E-state index contributed by atoms with van der Waals surface area (Å²) in [5.74, 6) is -0.110. The maximum absolute atomic E-state index is 13.9. The van der Waals surface area contributed by atoms with Crippen LogP contribution in [0.25, 0.3) is 11.1 Å². The molecule has 1 heterocycles. The number of nitrogens with zero attached hydrogens (tertiary/aromatic N) is 2. The molecule has 3 atom stereocenters. The summed E-state index contributed by atoms with van der Waals surface area (Å²) < 4.78 is 40.0. The van der Waals surface area contributed by atoms with E-state index in [1.807, 2.05) is 55.5 Å². The Hall–Kier alpha value is -4.91. The van der Waals surface area contributed by atoms with E-state index in [4.69, 9.17) is 9.47 Å². The average Bonchev–Trinajstić information content (AvgIpc) is 3.10. The summed E-state index contributed by atoms with van der Waals surface area (Å²) in [6.45, 7) is 3.47. The van der Waals surface area contributed by atoms with Crippen molar-refractivity contribution in [1.82, 2.24) is 9.21 Å². The molecule has 0 aliphatic carbocycles. The number of urea groups is 1. The third kappa shape index (κ3) is 7.62. The highest BCUT2D eigenvalue weighted by molar-refractivity contribution is 7.89. The van der Waals surface area contributed by atoms with Gasteiger partial charge in [-0.25, -0.2) is 13.2 Å². The number of methoxy groups -OCH3 is 1. The van der Waals surface area contributed by atoms with Gasteiger partial charge in [0.25, 0.3) is 5.91 Å². The number of para-hydroxylation sites is 1. The minimum absolute atomic E-state index is 0.0582. The largest absolute Gasteiger partial charge is 0.497 e. The van der Waals surface area contributed by atoms with E-state index in [1.54, 1.807) is 48.2 Å². The van der Waals surface area contributed by atoms with Gasteiger partial charge in [0.05, 0.1) is 42.4 Å². The Morgan fingerprint density at radius 3 is 2.38 bits per heavy atom. The van der Waals surface area contributed by atoms with Gasteiger partial charge >= 0.3 is 6.03 Å². The number of anilines is 2. The number of carbonyl (C=O) groups is 2. The van der Waals surface area contributed by atoms with E-state index in [9.17, 15) is 23.1 Å². The molecule has 1 aliphatic heterocycles. The van der Waals surface area contributed by atoms with Gasteiger partial charge in [0, 0.05) is 25.2 Å². The van der Waals surface area contributed by atoms with Gasteiger partial charge in [0.1, 0.15) is 11.9 Å². The maximum Gasteiger partial charge on any atom is 0.323 e. The van der Waals surface area contributed by atoms with Crippen LogP contribution in [0.5, 0.6) is 11.5 Å². The first kappa shape index (κ1) is 34.4. The maximum atomic E-state index is 13.9. The summed E-state index contributed by atoms with van der Waals surface area (Å²) in [6.07, 6.45) is -0.739. The zero-order valence-electron chi connectivity index (χ0n) is 27.3. The number of fused-ring (bicyclic) bond motifs is 1. The number of amides is 3. The Bertz CT molecular complexity index is 1850. The molecule has 3 N–H and O–H groups in total. The van der Waals surface area contributed by atoms with Crippen molar-refractivity contribution in [2.24, 2.45) is 5.92 Å². The van der Waals surface area contributed by atoms with Crippen molar-refractivity contribution >= 4 is 33.3 Å². The Morgan fingerprint density at radius 2 is 1.69 bits per heavy atom. The molecule has 0 spiro atoms. The smallest absolute Gasteiger partial charge is 0.323 e. The van der Waals surface area contributed by atoms with Crippen LogP contribution >= 0.6 is 0 Å². The molecule has 4 aromatic carbocycles. The van der Waals surface area contributed by atoms with E-state index in [0.29, 0.717) is 11.4 Å². The minimum atomic E-state index is -3.92. The molecule has 3 amide bonds. The molecular formula is C36H40N4O7S. The monoisotopic (exact) mass is 672 g/mol. The number of rotatable bonds is 10. The quantitative estimate of drug-likeness (QED) is 0.201. The lowest BCUT2D eigenvalue weighted by Gasteiger charge is -2.38. The number of benzene rings is 4. The van der Waals surface area contributed by atoms with Crippen LogP contribution in [0.3, 0.4) is 0 Å². The number of sulfonamides is 1. The summed E-state index contributed by atoms with van der Waals surface area (Å²) in [5.41, 5.74) is 2.89. The highest BCUT2D eigenvalue weighted by Gasteiger charge is 2.36. The molecule has 0 saturated heterocycles. The lowest BCUT2D eigenvalue weighted by Crippen LogP contribution is -2.50. The lowest BCUT2D eigenvalue weighted by atomic mass is 9.99. The second kappa shape index (κ2) is 14.9. The molecule has 5 rings (SSSR count). The van der Waals surface area contributed by atoms with Gasteiger partial charge < -0.3 is 30.1 Å². The second-order valence-corrected chi connectivity index (χ2v) is 13.8. The van der Waals surface area contributed by atoms with E-state index in [0.717, 1.165) is 11.1 Å². The van der Waals surface area contributed by atoms with Crippen LogP contribution in [-0.4, -0.2) is 80.7 Å². The van der Waals surface area contributed by atoms with E-state index in [1.165, 1.54) is 30.6 Å². The predicted molar refractivity (Wildman–Crippen MR) is 185 cm³/mol. The van der Waals surface area contributed by atoms with E-state index in [-0.39, 0.29) is 53.4 Å². The van der Waals surface area contributed by atoms with Crippen LogP contribution in [0.2, 0.25) is 0 Å². The van der Waals surface area contributed by atoms with Gasteiger partial charge in [-0.1, -0.05) is 55.5 Å². The molecule has 11 nitrogen and oxygen atoms in total. The fraction of sp³-hybridized carbons (Fsp3) is 0.278. The third-order valence-corrected chi connectivity index (χ3v) is 10.2. The highest BCUT2D eigenvalue weighted by atomic mass is 32.2. The third-order valence-electron chi connectivity index (χ3n) is 8.37. The van der Waals surface area contributed by atoms with Gasteiger partial charge in [0.2, 0.25) is 10.0 Å². The molecule has 12 heteroatoms. The van der Waals surface area contributed by atoms with Crippen molar-refractivity contribution in [3.63, 3.8) is 0 Å². The van der Waals surface area contributed by atoms with Crippen molar-refractivity contribution < 1.29 is 32.6 Å². The standard InChI is InChI=1S/C36H40N4O7S/c1-24-21-40(25(2)23-41)35(42)31-14-9-15-32(38-36(43)37-28-13-8-12-27(20-28)26-10-6-5-7-11-26)34(31)47-33(24)22-39(3)48(44,45)30-18-16-29(46-4)17-19-30/h5-20,24-25,33,41H,21-23H2,1-4H3,(H2,37,38,43). The zero-order chi connectivity index (χ0) is 34.4. The zero-order valence-corrected chi connectivity index (χ0v) is 28.1. The van der Waals surface area contributed by atoms with E-state index in [2.05, 4.69) is 10.6 Å². The highest BCUT2D eigenvalue weighted by Crippen LogP contribution is 2.35. The number of hydrogen-bond donors (Lipinski definition) is 3. The van der Waals surface area contributed by atoms with Crippen LogP contribution in [-0.2, 0) is 10.0 Å². The summed E-state index contributed by atoms with van der Waals surface area (Å²) in [4.78, 5) is 28.8. The van der Waals surface area contributed by atoms with Crippen molar-refractivity contribution in [3.05, 3.63) is 103 Å². The molecule has 0 fully saturated rings. The Kier molecular flexibility index (Phi) is 10.7. The van der Waals surface area contributed by atoms with Crippen LogP contribution < -0.4 is 20.1 Å². The number of carbonyl (C=O) groups excluding carboxylic acids is 2. The Morgan fingerprint density at radius 1 is 1.00 bits per heavy atom. The van der Waals surface area contributed by atoms with Gasteiger partial charge in [-0.3, -0.25) is 4.79 Å². The molecule has 0 aromatic heterocycles. The van der Waals surface area contributed by atoms with Gasteiger partial charge in [0.15, 0.2) is 5.75 Å². The summed E-state index contributed by atoms with van der Waals surface area (Å²) in [6, 6.07) is 27.1. The van der Waals surface area contributed by atoms with Crippen LogP contribution in [0.4, 0.5) is 16.2 Å². The fourth-order valence-electron chi connectivity index (χ4n) is 5.53. The molecule has 0 radical (unpaired) electrons. The average molecular weight is 673 g/mol. The van der Waals surface area contributed by atoms with Gasteiger partial charge in [-0.15, -0.1) is 0 Å². The molecule has 0 saturated carbocycles. The van der Waals surface area contributed by atoms with Crippen molar-refractivity contribution in [2.75, 3.05) is 44.5 Å². The number of likely N-dealkylation sites (N-methyl/N-ethyl adjacent to an activating group) is 1. The number of ether oxygens (including phenoxy) is 2. The molecule has 0 bridgehead atoms. The van der Waals surface area contributed by atoms with Crippen LogP contribution in [0.15, 0.2) is 102 Å². The van der Waals surface area contributed by atoms with E-state index < -0.39 is 28.2 Å². The second-order valence-electron chi connectivity index (χ2n) is 11.8. The molecule has 252 valence electrons. The molecule has 3 unspecified atom stereocenters. The van der Waals surface area contributed by atoms with E-state index >= 15 is 0 Å². The van der Waals surface area contributed by atoms with Crippen molar-refractivity contribution in [1.29, 1.82) is 0 Å². The Labute approximate surface area is 281 Å². The Balaban J connectivity index is 1.44. The fourth-order valence-corrected chi connectivity index (χ4v) is 6.71. The number of aliphatic hydroxyl groups excluding tert-OH is 1. The number of nitrogens with one attached hydrogen (secondary N) is 2. The number of aliphatic hydroxyl groups is 1. The SMILES string of the molecule is COc1ccc(S(=O)(=O)N(C)CC2Oc3c(NC(=O)Nc4cccc(-c5ccccc5)c4)cccc3C(=O)N(C(C)CO)CC2C)cc1. The first-order valence-electron chi connectivity index (χ1n) is 15.6. The van der Waals surface area contributed by atoms with Crippen LogP contribution in [0.1, 0.15) is 24.2 Å².